The second kappa shape index (κ2) is 7.10. The fraction of sp³-hybridized carbons (Fsp3) is 0.389. The van der Waals surface area contributed by atoms with Gasteiger partial charge in [-0.3, -0.25) is 4.79 Å². The standard InChI is InChI=1S/C18H18F2N4O4/c1-9-14(10(2)28-23-9)21-13(25)8-11-4-5-12(26-17(19)20)15-16(11)27-18(22-15)24-6-3-7-24/h4-5,17H,3,6-8H2,1-2H3,(H,21,25). The van der Waals surface area contributed by atoms with E-state index >= 15 is 0 Å². The molecule has 0 spiro atoms. The van der Waals surface area contributed by atoms with Gasteiger partial charge < -0.3 is 23.9 Å². The van der Waals surface area contributed by atoms with Crippen molar-refractivity contribution in [2.24, 2.45) is 0 Å². The van der Waals surface area contributed by atoms with Crippen LogP contribution in [-0.2, 0) is 11.2 Å². The second-order valence-corrected chi connectivity index (χ2v) is 6.54. The highest BCUT2D eigenvalue weighted by atomic mass is 19.3. The molecule has 1 saturated heterocycles. The monoisotopic (exact) mass is 392 g/mol. The van der Waals surface area contributed by atoms with E-state index in [1.165, 1.54) is 12.1 Å². The van der Waals surface area contributed by atoms with Crippen LogP contribution in [0.15, 0.2) is 21.1 Å². The number of anilines is 2. The van der Waals surface area contributed by atoms with E-state index in [4.69, 9.17) is 8.94 Å². The quantitative estimate of drug-likeness (QED) is 0.687. The maximum Gasteiger partial charge on any atom is 0.387 e. The molecule has 4 rings (SSSR count). The number of amides is 1. The average molecular weight is 392 g/mol. The van der Waals surface area contributed by atoms with Gasteiger partial charge in [0.1, 0.15) is 11.4 Å². The summed E-state index contributed by atoms with van der Waals surface area (Å²) >= 11 is 0. The minimum absolute atomic E-state index is 0.0375. The number of benzene rings is 1. The number of carbonyl (C=O) groups is 1. The molecule has 0 aliphatic carbocycles. The fourth-order valence-electron chi connectivity index (χ4n) is 3.02. The average Bonchev–Trinajstić information content (AvgIpc) is 3.14. The molecule has 0 bridgehead atoms. The van der Waals surface area contributed by atoms with Crippen LogP contribution in [0, 0.1) is 13.8 Å². The summed E-state index contributed by atoms with van der Waals surface area (Å²) in [6, 6.07) is 3.23. The van der Waals surface area contributed by atoms with Crippen molar-refractivity contribution in [3.05, 3.63) is 29.2 Å². The summed E-state index contributed by atoms with van der Waals surface area (Å²) < 4.78 is 40.8. The van der Waals surface area contributed by atoms with E-state index in [0.717, 1.165) is 19.5 Å². The normalized spacial score (nSPS) is 13.8. The lowest BCUT2D eigenvalue weighted by atomic mass is 10.1. The predicted octanol–water partition coefficient (Wildman–Crippen LogP) is 3.43. The summed E-state index contributed by atoms with van der Waals surface area (Å²) in [5.41, 5.74) is 2.02. The number of aryl methyl sites for hydroxylation is 2. The Hall–Kier alpha value is -3.17. The number of halogens is 2. The minimum Gasteiger partial charge on any atom is -0.432 e. The molecule has 1 N–H and O–H groups in total. The van der Waals surface area contributed by atoms with Gasteiger partial charge in [0.2, 0.25) is 5.91 Å². The maximum absolute atomic E-state index is 12.7. The van der Waals surface area contributed by atoms with Gasteiger partial charge in [-0.05, 0) is 26.3 Å². The van der Waals surface area contributed by atoms with Crippen LogP contribution in [0.4, 0.5) is 20.5 Å². The Kier molecular flexibility index (Phi) is 4.62. The number of rotatable bonds is 6. The van der Waals surface area contributed by atoms with Gasteiger partial charge in [0.05, 0.1) is 6.42 Å². The third-order valence-corrected chi connectivity index (χ3v) is 4.57. The van der Waals surface area contributed by atoms with E-state index in [9.17, 15) is 13.6 Å². The van der Waals surface area contributed by atoms with Crippen LogP contribution in [0.25, 0.3) is 11.1 Å². The Morgan fingerprint density at radius 1 is 1.36 bits per heavy atom. The molecule has 3 heterocycles. The number of carbonyl (C=O) groups excluding carboxylic acids is 1. The number of hydrogen-bond acceptors (Lipinski definition) is 7. The van der Waals surface area contributed by atoms with Crippen molar-refractivity contribution in [2.45, 2.75) is 33.3 Å². The molecule has 1 aromatic carbocycles. The predicted molar refractivity (Wildman–Crippen MR) is 95.8 cm³/mol. The molecule has 1 aliphatic rings. The van der Waals surface area contributed by atoms with E-state index in [1.807, 2.05) is 4.90 Å². The lowest BCUT2D eigenvalue weighted by molar-refractivity contribution is -0.115. The van der Waals surface area contributed by atoms with E-state index in [0.29, 0.717) is 28.7 Å². The van der Waals surface area contributed by atoms with Crippen LogP contribution in [-0.4, -0.2) is 35.7 Å². The van der Waals surface area contributed by atoms with Crippen LogP contribution in [0.5, 0.6) is 5.75 Å². The van der Waals surface area contributed by atoms with Crippen molar-refractivity contribution in [2.75, 3.05) is 23.3 Å². The Morgan fingerprint density at radius 2 is 2.14 bits per heavy atom. The molecule has 28 heavy (non-hydrogen) atoms. The summed E-state index contributed by atoms with van der Waals surface area (Å²) in [4.78, 5) is 18.7. The maximum atomic E-state index is 12.7. The van der Waals surface area contributed by atoms with Gasteiger partial charge in [0.25, 0.3) is 6.01 Å². The number of nitrogens with zero attached hydrogens (tertiary/aromatic N) is 3. The van der Waals surface area contributed by atoms with E-state index < -0.39 is 6.61 Å². The fourth-order valence-corrected chi connectivity index (χ4v) is 3.02. The van der Waals surface area contributed by atoms with Crippen LogP contribution < -0.4 is 15.0 Å². The molecule has 1 aliphatic heterocycles. The highest BCUT2D eigenvalue weighted by molar-refractivity contribution is 5.96. The lowest BCUT2D eigenvalue weighted by Crippen LogP contribution is -2.37. The molecule has 0 saturated carbocycles. The summed E-state index contributed by atoms with van der Waals surface area (Å²) in [5.74, 6) is 0.0898. The SMILES string of the molecule is Cc1noc(C)c1NC(=O)Cc1ccc(OC(F)F)c2nc(N3CCC3)oc12. The Balaban J connectivity index is 1.64. The van der Waals surface area contributed by atoms with Gasteiger partial charge in [-0.15, -0.1) is 0 Å². The van der Waals surface area contributed by atoms with Crippen molar-refractivity contribution in [3.8, 4) is 5.75 Å². The molecule has 0 atom stereocenters. The van der Waals surface area contributed by atoms with E-state index in [-0.39, 0.29) is 29.2 Å². The Morgan fingerprint density at radius 3 is 2.75 bits per heavy atom. The van der Waals surface area contributed by atoms with Gasteiger partial charge in [-0.2, -0.15) is 13.8 Å². The van der Waals surface area contributed by atoms with Crippen LogP contribution in [0.2, 0.25) is 0 Å². The van der Waals surface area contributed by atoms with Crippen molar-refractivity contribution >= 4 is 28.7 Å². The third-order valence-electron chi connectivity index (χ3n) is 4.57. The Labute approximate surface area is 158 Å². The largest absolute Gasteiger partial charge is 0.432 e. The van der Waals surface area contributed by atoms with Crippen molar-refractivity contribution in [1.82, 2.24) is 10.1 Å². The molecule has 3 aromatic rings. The first kappa shape index (κ1) is 18.2. The number of fused-ring (bicyclic) bond motifs is 1. The molecule has 0 radical (unpaired) electrons. The van der Waals surface area contributed by atoms with Crippen molar-refractivity contribution < 1.29 is 27.3 Å². The molecule has 1 fully saturated rings. The number of oxazole rings is 1. The zero-order valence-electron chi connectivity index (χ0n) is 15.3. The molecule has 10 heteroatoms. The number of hydrogen-bond donors (Lipinski definition) is 1. The summed E-state index contributed by atoms with van der Waals surface area (Å²) in [7, 11) is 0. The van der Waals surface area contributed by atoms with Gasteiger partial charge >= 0.3 is 6.61 Å². The summed E-state index contributed by atoms with van der Waals surface area (Å²) in [5, 5.41) is 6.54. The molecular formula is C18H18F2N4O4. The molecule has 8 nitrogen and oxygen atoms in total. The van der Waals surface area contributed by atoms with Crippen LogP contribution in [0.3, 0.4) is 0 Å². The first-order valence-corrected chi connectivity index (χ1v) is 8.77. The molecule has 148 valence electrons. The van der Waals surface area contributed by atoms with E-state index in [2.05, 4.69) is 20.2 Å². The highest BCUT2D eigenvalue weighted by Gasteiger charge is 2.24. The van der Waals surface area contributed by atoms with Gasteiger partial charge in [0.15, 0.2) is 22.6 Å². The zero-order valence-corrected chi connectivity index (χ0v) is 15.3. The zero-order chi connectivity index (χ0) is 19.8. The first-order chi connectivity index (χ1) is 13.4. The smallest absolute Gasteiger partial charge is 0.387 e. The second-order valence-electron chi connectivity index (χ2n) is 6.54. The molecule has 0 unspecified atom stereocenters. The van der Waals surface area contributed by atoms with Crippen LogP contribution in [0.1, 0.15) is 23.4 Å². The Bertz CT molecular complexity index is 1010. The molecule has 2 aromatic heterocycles. The van der Waals surface area contributed by atoms with Gasteiger partial charge in [-0.25, -0.2) is 0 Å². The third kappa shape index (κ3) is 3.37. The van der Waals surface area contributed by atoms with Crippen molar-refractivity contribution in [1.29, 1.82) is 0 Å². The minimum atomic E-state index is -2.99. The number of aromatic nitrogens is 2. The van der Waals surface area contributed by atoms with Gasteiger partial charge in [-0.1, -0.05) is 11.2 Å². The molecule has 1 amide bonds. The lowest BCUT2D eigenvalue weighted by Gasteiger charge is -2.28. The highest BCUT2D eigenvalue weighted by Crippen LogP contribution is 2.34. The summed E-state index contributed by atoms with van der Waals surface area (Å²) in [6.07, 6.45) is 0.968. The number of nitrogens with one attached hydrogen (secondary N) is 1. The molecular weight excluding hydrogens is 374 g/mol. The van der Waals surface area contributed by atoms with Gasteiger partial charge in [0, 0.05) is 18.7 Å². The summed E-state index contributed by atoms with van der Waals surface area (Å²) in [6.45, 7) is 1.98. The van der Waals surface area contributed by atoms with Crippen molar-refractivity contribution in [3.63, 3.8) is 0 Å². The first-order valence-electron chi connectivity index (χ1n) is 8.77. The topological polar surface area (TPSA) is 93.6 Å². The number of ether oxygens (including phenoxy) is 1. The van der Waals surface area contributed by atoms with Crippen LogP contribution >= 0.6 is 0 Å². The van der Waals surface area contributed by atoms with E-state index in [1.54, 1.807) is 13.8 Å². The number of alkyl halides is 2.